The number of nitrogens with zero attached hydrogens (tertiary/aromatic N) is 4. The van der Waals surface area contributed by atoms with Crippen LogP contribution in [0.2, 0.25) is 0 Å². The molecule has 0 radical (unpaired) electrons. The lowest BCUT2D eigenvalue weighted by molar-refractivity contribution is -0.130. The molecule has 1 aliphatic heterocycles. The minimum atomic E-state index is -0.861. The normalized spacial score (nSPS) is 21.0. The Hall–Kier alpha value is -3.50. The number of aromatic nitrogens is 1. The monoisotopic (exact) mass is 457 g/mol. The molecule has 1 aliphatic rings. The summed E-state index contributed by atoms with van der Waals surface area (Å²) >= 11 is 1.57. The van der Waals surface area contributed by atoms with Crippen molar-refractivity contribution in [2.75, 3.05) is 7.05 Å². The van der Waals surface area contributed by atoms with E-state index in [0.717, 1.165) is 32.7 Å². The standard InChI is InChI=1S/C26H27N5OS/c1-16-10-18(13-29-12-16)19-11-21(33-14-19)26(4)22(23(32)31(5)24(28)30-26)17-6-8-20(9-7-17)25(2,3)15-27/h6-14,22H,1-5H3,(H2,28,30)/t22-,26?/m0/s1. The Labute approximate surface area is 198 Å². The molecular weight excluding hydrogens is 430 g/mol. The second kappa shape index (κ2) is 8.13. The van der Waals surface area contributed by atoms with Crippen LogP contribution in [0.15, 0.2) is 59.2 Å². The molecule has 4 rings (SSSR count). The summed E-state index contributed by atoms with van der Waals surface area (Å²) in [6.45, 7) is 7.74. The van der Waals surface area contributed by atoms with Crippen LogP contribution < -0.4 is 5.73 Å². The molecule has 0 saturated heterocycles. The van der Waals surface area contributed by atoms with Crippen LogP contribution in [-0.2, 0) is 15.7 Å². The number of nitriles is 1. The van der Waals surface area contributed by atoms with Crippen LogP contribution in [0, 0.1) is 18.3 Å². The Kier molecular flexibility index (Phi) is 5.59. The van der Waals surface area contributed by atoms with Gasteiger partial charge in [0.1, 0.15) is 5.54 Å². The fraction of sp³-hybridized carbons (Fsp3) is 0.308. The third kappa shape index (κ3) is 3.91. The lowest BCUT2D eigenvalue weighted by atomic mass is 9.76. The second-order valence-electron chi connectivity index (χ2n) is 9.26. The van der Waals surface area contributed by atoms with Gasteiger partial charge in [-0.1, -0.05) is 24.3 Å². The second-order valence-corrected chi connectivity index (χ2v) is 10.2. The van der Waals surface area contributed by atoms with E-state index in [0.29, 0.717) is 0 Å². The fourth-order valence-electron chi connectivity index (χ4n) is 4.21. The van der Waals surface area contributed by atoms with Gasteiger partial charge in [0, 0.05) is 29.9 Å². The molecule has 33 heavy (non-hydrogen) atoms. The van der Waals surface area contributed by atoms with Gasteiger partial charge in [0.25, 0.3) is 0 Å². The van der Waals surface area contributed by atoms with Gasteiger partial charge in [-0.2, -0.15) is 5.26 Å². The Morgan fingerprint density at radius 2 is 1.88 bits per heavy atom. The Morgan fingerprint density at radius 3 is 2.52 bits per heavy atom. The van der Waals surface area contributed by atoms with Crippen LogP contribution in [0.4, 0.5) is 0 Å². The first-order chi connectivity index (χ1) is 15.6. The molecule has 1 amide bonds. The predicted octanol–water partition coefficient (Wildman–Crippen LogP) is 4.71. The number of nitrogens with two attached hydrogens (primary N) is 1. The van der Waals surface area contributed by atoms with Crippen molar-refractivity contribution in [1.29, 1.82) is 5.26 Å². The number of pyridine rings is 1. The molecule has 0 fully saturated rings. The number of aryl methyl sites for hydroxylation is 1. The van der Waals surface area contributed by atoms with Gasteiger partial charge in [0.15, 0.2) is 5.96 Å². The van der Waals surface area contributed by atoms with Crippen molar-refractivity contribution >= 4 is 23.2 Å². The van der Waals surface area contributed by atoms with E-state index in [4.69, 9.17) is 10.7 Å². The van der Waals surface area contributed by atoms with Gasteiger partial charge in [-0.05, 0) is 67.5 Å². The summed E-state index contributed by atoms with van der Waals surface area (Å²) in [4.78, 5) is 25.0. The number of hydrogen-bond acceptors (Lipinski definition) is 6. The smallest absolute Gasteiger partial charge is 0.239 e. The van der Waals surface area contributed by atoms with Crippen molar-refractivity contribution in [3.63, 3.8) is 0 Å². The van der Waals surface area contributed by atoms with Crippen molar-refractivity contribution in [3.05, 3.63) is 75.7 Å². The van der Waals surface area contributed by atoms with Crippen LogP contribution in [-0.4, -0.2) is 28.8 Å². The summed E-state index contributed by atoms with van der Waals surface area (Å²) in [6.07, 6.45) is 3.66. The van der Waals surface area contributed by atoms with Crippen LogP contribution in [0.5, 0.6) is 0 Å². The number of benzene rings is 1. The number of guanidine groups is 1. The maximum atomic E-state index is 13.5. The third-order valence-corrected chi connectivity index (χ3v) is 7.54. The van der Waals surface area contributed by atoms with E-state index >= 15 is 0 Å². The summed E-state index contributed by atoms with van der Waals surface area (Å²) in [5.74, 6) is -0.450. The number of hydrogen-bond donors (Lipinski definition) is 1. The number of aliphatic imine (C=N–C) groups is 1. The number of amides is 1. The minimum absolute atomic E-state index is 0.107. The molecule has 1 unspecified atom stereocenters. The van der Waals surface area contributed by atoms with E-state index in [1.54, 1.807) is 18.4 Å². The maximum Gasteiger partial charge on any atom is 0.239 e. The van der Waals surface area contributed by atoms with Crippen LogP contribution in [0.1, 0.15) is 48.3 Å². The molecular formula is C26H27N5OS. The van der Waals surface area contributed by atoms with Gasteiger partial charge in [-0.15, -0.1) is 11.3 Å². The van der Waals surface area contributed by atoms with Gasteiger partial charge in [0.05, 0.1) is 17.4 Å². The molecule has 1 aromatic carbocycles. The molecule has 0 saturated carbocycles. The van der Waals surface area contributed by atoms with Crippen LogP contribution in [0.3, 0.4) is 0 Å². The zero-order chi connectivity index (χ0) is 24.0. The van der Waals surface area contributed by atoms with Gasteiger partial charge in [-0.3, -0.25) is 14.7 Å². The van der Waals surface area contributed by atoms with Gasteiger partial charge < -0.3 is 5.73 Å². The minimum Gasteiger partial charge on any atom is -0.369 e. The maximum absolute atomic E-state index is 13.5. The van der Waals surface area contributed by atoms with E-state index in [9.17, 15) is 10.1 Å². The average molecular weight is 458 g/mol. The number of rotatable bonds is 4. The highest BCUT2D eigenvalue weighted by atomic mass is 32.1. The number of carbonyl (C=O) groups is 1. The first-order valence-electron chi connectivity index (χ1n) is 10.7. The number of thiophene rings is 1. The third-order valence-electron chi connectivity index (χ3n) is 6.38. The highest BCUT2D eigenvalue weighted by molar-refractivity contribution is 7.10. The summed E-state index contributed by atoms with van der Waals surface area (Å²) in [6, 6.07) is 14.2. The molecule has 168 valence electrons. The first-order valence-corrected chi connectivity index (χ1v) is 11.6. The van der Waals surface area contributed by atoms with Crippen molar-refractivity contribution in [2.45, 2.75) is 44.6 Å². The number of likely N-dealkylation sites (N-methyl/N-ethyl adjacent to an activating group) is 1. The predicted molar refractivity (Wildman–Crippen MR) is 132 cm³/mol. The fourth-order valence-corrected chi connectivity index (χ4v) is 5.27. The lowest BCUT2D eigenvalue weighted by Crippen LogP contribution is -2.52. The summed E-state index contributed by atoms with van der Waals surface area (Å²) in [5, 5.41) is 11.5. The van der Waals surface area contributed by atoms with Crippen molar-refractivity contribution < 1.29 is 4.79 Å². The van der Waals surface area contributed by atoms with Gasteiger partial charge in [-0.25, -0.2) is 4.99 Å². The summed E-state index contributed by atoms with van der Waals surface area (Å²) in [7, 11) is 1.65. The molecule has 6 nitrogen and oxygen atoms in total. The Morgan fingerprint density at radius 1 is 1.18 bits per heavy atom. The summed E-state index contributed by atoms with van der Waals surface area (Å²) < 4.78 is 0. The molecule has 2 N–H and O–H groups in total. The quantitative estimate of drug-likeness (QED) is 0.614. The zero-order valence-electron chi connectivity index (χ0n) is 19.5. The van der Waals surface area contributed by atoms with Gasteiger partial charge >= 0.3 is 0 Å². The zero-order valence-corrected chi connectivity index (χ0v) is 20.3. The van der Waals surface area contributed by atoms with E-state index < -0.39 is 16.9 Å². The van der Waals surface area contributed by atoms with Crippen LogP contribution >= 0.6 is 11.3 Å². The van der Waals surface area contributed by atoms with E-state index in [1.807, 2.05) is 64.4 Å². The van der Waals surface area contributed by atoms with Gasteiger partial charge in [0.2, 0.25) is 5.91 Å². The molecule has 2 atom stereocenters. The molecule has 0 spiro atoms. The Balaban J connectivity index is 1.81. The number of carbonyl (C=O) groups excluding carboxylic acids is 1. The molecule has 7 heteroatoms. The van der Waals surface area contributed by atoms with E-state index in [1.165, 1.54) is 4.90 Å². The highest BCUT2D eigenvalue weighted by Crippen LogP contribution is 2.47. The molecule has 0 bridgehead atoms. The van der Waals surface area contributed by atoms with E-state index in [2.05, 4.69) is 28.6 Å². The largest absolute Gasteiger partial charge is 0.369 e. The van der Waals surface area contributed by atoms with Crippen molar-refractivity contribution in [3.8, 4) is 17.2 Å². The van der Waals surface area contributed by atoms with Crippen molar-refractivity contribution in [1.82, 2.24) is 9.88 Å². The van der Waals surface area contributed by atoms with Crippen molar-refractivity contribution in [2.24, 2.45) is 10.7 Å². The Bertz CT molecular complexity index is 1280. The topological polar surface area (TPSA) is 95.4 Å². The lowest BCUT2D eigenvalue weighted by Gasteiger charge is -2.40. The SMILES string of the molecule is Cc1cncc(-c2csc(C3(C)N=C(N)N(C)C(=O)[C@@H]3c3ccc(C(C)(C)C#N)cc3)c2)c1. The molecule has 2 aromatic heterocycles. The molecule has 3 heterocycles. The highest BCUT2D eigenvalue weighted by Gasteiger charge is 2.48. The average Bonchev–Trinajstić information content (AvgIpc) is 3.29. The molecule has 3 aromatic rings. The molecule has 0 aliphatic carbocycles. The summed E-state index contributed by atoms with van der Waals surface area (Å²) in [5.41, 5.74) is 9.60. The van der Waals surface area contributed by atoms with E-state index in [-0.39, 0.29) is 11.9 Å². The first kappa shape index (κ1) is 22.7. The van der Waals surface area contributed by atoms with Crippen LogP contribution in [0.25, 0.3) is 11.1 Å².